The number of rotatable bonds is 8. The van der Waals surface area contributed by atoms with Crippen LogP contribution >= 0.6 is 0 Å². The van der Waals surface area contributed by atoms with Crippen LogP contribution in [0.15, 0.2) is 0 Å². The van der Waals surface area contributed by atoms with Crippen molar-refractivity contribution in [3.63, 3.8) is 0 Å². The molecular formula is C12H28N2. The molecule has 0 aromatic carbocycles. The molecule has 14 heavy (non-hydrogen) atoms. The normalized spacial score (nSPS) is 13.9. The number of unbranched alkanes of at least 4 members (excludes halogenated alkanes) is 1. The minimum Gasteiger partial charge on any atom is -0.313 e. The first kappa shape index (κ1) is 13.9. The van der Waals surface area contributed by atoms with Crippen molar-refractivity contribution in [2.45, 2.75) is 59.0 Å². The van der Waals surface area contributed by atoms with Gasteiger partial charge in [-0.05, 0) is 26.4 Å². The Morgan fingerprint density at radius 1 is 1.21 bits per heavy atom. The molecule has 0 aliphatic heterocycles. The van der Waals surface area contributed by atoms with E-state index >= 15 is 0 Å². The molecule has 0 spiro atoms. The molecule has 0 aliphatic carbocycles. The van der Waals surface area contributed by atoms with Gasteiger partial charge in [-0.2, -0.15) is 0 Å². The highest BCUT2D eigenvalue weighted by molar-refractivity contribution is 4.70. The first-order valence-electron chi connectivity index (χ1n) is 6.05. The van der Waals surface area contributed by atoms with E-state index in [1.165, 1.54) is 25.8 Å². The molecule has 1 unspecified atom stereocenters. The summed E-state index contributed by atoms with van der Waals surface area (Å²) in [5.74, 6) is 0. The fraction of sp³-hybridized carbons (Fsp3) is 1.00. The predicted octanol–water partition coefficient (Wildman–Crippen LogP) is 2.49. The molecule has 0 saturated heterocycles. The van der Waals surface area contributed by atoms with Gasteiger partial charge < -0.3 is 10.2 Å². The summed E-state index contributed by atoms with van der Waals surface area (Å²) in [4.78, 5) is 2.48. The van der Waals surface area contributed by atoms with Crippen LogP contribution in [-0.2, 0) is 0 Å². The quantitative estimate of drug-likeness (QED) is 0.647. The van der Waals surface area contributed by atoms with Gasteiger partial charge in [0.1, 0.15) is 0 Å². The van der Waals surface area contributed by atoms with Crippen molar-refractivity contribution in [3.8, 4) is 0 Å². The largest absolute Gasteiger partial charge is 0.313 e. The second kappa shape index (κ2) is 8.25. The molecule has 0 fully saturated rings. The highest BCUT2D eigenvalue weighted by Crippen LogP contribution is 2.02. The Hall–Kier alpha value is -0.0800. The van der Waals surface area contributed by atoms with Gasteiger partial charge in [0.25, 0.3) is 0 Å². The van der Waals surface area contributed by atoms with Crippen LogP contribution in [0.3, 0.4) is 0 Å². The highest BCUT2D eigenvalue weighted by Gasteiger charge is 2.11. The van der Waals surface area contributed by atoms with Gasteiger partial charge >= 0.3 is 0 Å². The van der Waals surface area contributed by atoms with Gasteiger partial charge in [-0.25, -0.2) is 0 Å². The van der Waals surface area contributed by atoms with Crippen LogP contribution in [0.4, 0.5) is 0 Å². The molecule has 0 rings (SSSR count). The molecule has 2 nitrogen and oxygen atoms in total. The standard InChI is InChI=1S/C12H28N2/c1-6-8-9-14(5)12(7-2)10-13-11(3)4/h11-13H,6-10H2,1-5H3. The Balaban J connectivity index is 3.74. The number of hydrogen-bond donors (Lipinski definition) is 1. The molecule has 0 aromatic heterocycles. The van der Waals surface area contributed by atoms with Gasteiger partial charge in [0.05, 0.1) is 0 Å². The maximum atomic E-state index is 3.51. The Morgan fingerprint density at radius 2 is 1.86 bits per heavy atom. The maximum absolute atomic E-state index is 3.51. The molecule has 0 heterocycles. The molecule has 0 saturated carbocycles. The number of likely N-dealkylation sites (N-methyl/N-ethyl adjacent to an activating group) is 1. The molecule has 1 atom stereocenters. The SMILES string of the molecule is CCCCN(C)C(CC)CNC(C)C. The molecule has 0 aliphatic rings. The minimum absolute atomic E-state index is 0.601. The Morgan fingerprint density at radius 3 is 2.29 bits per heavy atom. The third-order valence-corrected chi connectivity index (χ3v) is 2.72. The zero-order valence-corrected chi connectivity index (χ0v) is 10.6. The van der Waals surface area contributed by atoms with Crippen LogP contribution in [0.2, 0.25) is 0 Å². The van der Waals surface area contributed by atoms with Crippen molar-refractivity contribution in [2.24, 2.45) is 0 Å². The minimum atomic E-state index is 0.601. The topological polar surface area (TPSA) is 15.3 Å². The molecule has 0 bridgehead atoms. The van der Waals surface area contributed by atoms with Crippen LogP contribution in [-0.4, -0.2) is 37.1 Å². The fourth-order valence-electron chi connectivity index (χ4n) is 1.57. The zero-order chi connectivity index (χ0) is 11.0. The van der Waals surface area contributed by atoms with Crippen molar-refractivity contribution in [1.29, 1.82) is 0 Å². The summed E-state index contributed by atoms with van der Waals surface area (Å²) in [6.07, 6.45) is 3.84. The number of nitrogens with zero attached hydrogens (tertiary/aromatic N) is 1. The summed E-state index contributed by atoms with van der Waals surface area (Å²) in [5, 5.41) is 3.51. The van der Waals surface area contributed by atoms with Crippen molar-refractivity contribution in [3.05, 3.63) is 0 Å². The van der Waals surface area contributed by atoms with Crippen LogP contribution < -0.4 is 5.32 Å². The number of nitrogens with one attached hydrogen (secondary N) is 1. The summed E-state index contributed by atoms with van der Waals surface area (Å²) in [6.45, 7) is 11.3. The fourth-order valence-corrected chi connectivity index (χ4v) is 1.57. The third-order valence-electron chi connectivity index (χ3n) is 2.72. The number of hydrogen-bond acceptors (Lipinski definition) is 2. The summed E-state index contributed by atoms with van der Waals surface area (Å²) < 4.78 is 0. The van der Waals surface area contributed by atoms with Crippen molar-refractivity contribution < 1.29 is 0 Å². The van der Waals surface area contributed by atoms with E-state index in [9.17, 15) is 0 Å². The van der Waals surface area contributed by atoms with E-state index in [-0.39, 0.29) is 0 Å². The van der Waals surface area contributed by atoms with E-state index in [0.29, 0.717) is 12.1 Å². The summed E-state index contributed by atoms with van der Waals surface area (Å²) in [5.41, 5.74) is 0. The van der Waals surface area contributed by atoms with Gasteiger partial charge in [-0.15, -0.1) is 0 Å². The van der Waals surface area contributed by atoms with E-state index in [0.717, 1.165) is 6.54 Å². The van der Waals surface area contributed by atoms with Crippen molar-refractivity contribution >= 4 is 0 Å². The summed E-state index contributed by atoms with van der Waals surface area (Å²) in [7, 11) is 2.24. The maximum Gasteiger partial charge on any atom is 0.0215 e. The van der Waals surface area contributed by atoms with Crippen molar-refractivity contribution in [2.75, 3.05) is 20.1 Å². The smallest absolute Gasteiger partial charge is 0.0215 e. The van der Waals surface area contributed by atoms with Crippen LogP contribution in [0, 0.1) is 0 Å². The zero-order valence-electron chi connectivity index (χ0n) is 10.6. The summed E-state index contributed by atoms with van der Waals surface area (Å²) in [6, 6.07) is 1.30. The molecule has 2 heteroatoms. The molecular weight excluding hydrogens is 172 g/mol. The second-order valence-electron chi connectivity index (χ2n) is 4.46. The van der Waals surface area contributed by atoms with Gasteiger partial charge in [-0.1, -0.05) is 34.1 Å². The van der Waals surface area contributed by atoms with Crippen molar-refractivity contribution in [1.82, 2.24) is 10.2 Å². The van der Waals surface area contributed by atoms with E-state index in [2.05, 4.69) is 45.0 Å². The average Bonchev–Trinajstić information content (AvgIpc) is 2.15. The van der Waals surface area contributed by atoms with E-state index < -0.39 is 0 Å². The lowest BCUT2D eigenvalue weighted by Gasteiger charge is -2.28. The van der Waals surface area contributed by atoms with Crippen LogP contribution in [0.5, 0.6) is 0 Å². The lowest BCUT2D eigenvalue weighted by molar-refractivity contribution is 0.223. The predicted molar refractivity (Wildman–Crippen MR) is 64.8 cm³/mol. The Kier molecular flexibility index (Phi) is 8.20. The molecule has 86 valence electrons. The van der Waals surface area contributed by atoms with E-state index in [1.807, 2.05) is 0 Å². The molecule has 1 N–H and O–H groups in total. The lowest BCUT2D eigenvalue weighted by Crippen LogP contribution is -2.42. The van der Waals surface area contributed by atoms with E-state index in [4.69, 9.17) is 0 Å². The van der Waals surface area contributed by atoms with E-state index in [1.54, 1.807) is 0 Å². The van der Waals surface area contributed by atoms with Gasteiger partial charge in [0.2, 0.25) is 0 Å². The summed E-state index contributed by atoms with van der Waals surface area (Å²) >= 11 is 0. The average molecular weight is 200 g/mol. The van der Waals surface area contributed by atoms with Gasteiger partial charge in [0, 0.05) is 18.6 Å². The third kappa shape index (κ3) is 6.39. The molecule has 0 aromatic rings. The molecule has 0 amide bonds. The lowest BCUT2D eigenvalue weighted by atomic mass is 10.1. The van der Waals surface area contributed by atoms with Gasteiger partial charge in [-0.3, -0.25) is 0 Å². The first-order chi connectivity index (χ1) is 6.61. The van der Waals surface area contributed by atoms with Crippen LogP contribution in [0.25, 0.3) is 0 Å². The first-order valence-corrected chi connectivity index (χ1v) is 6.05. The Labute approximate surface area is 90.1 Å². The second-order valence-corrected chi connectivity index (χ2v) is 4.46. The Bertz CT molecular complexity index is 123. The highest BCUT2D eigenvalue weighted by atomic mass is 15.1. The van der Waals surface area contributed by atoms with Crippen LogP contribution in [0.1, 0.15) is 47.0 Å². The monoisotopic (exact) mass is 200 g/mol. The molecule has 0 radical (unpaired) electrons. The van der Waals surface area contributed by atoms with Gasteiger partial charge in [0.15, 0.2) is 0 Å².